The molecule has 0 aromatic carbocycles. The highest BCUT2D eigenvalue weighted by atomic mass is 32.2. The van der Waals surface area contributed by atoms with E-state index in [-0.39, 0.29) is 11.9 Å². The van der Waals surface area contributed by atoms with Crippen LogP contribution in [0.25, 0.3) is 0 Å². The van der Waals surface area contributed by atoms with Crippen molar-refractivity contribution in [1.29, 1.82) is 0 Å². The maximum Gasteiger partial charge on any atom is 0.242 e. The molecule has 2 heterocycles. The molecular weight excluding hydrogens is 252 g/mol. The number of nitrogens with zero attached hydrogens (tertiary/aromatic N) is 2. The van der Waals surface area contributed by atoms with Crippen LogP contribution in [0, 0.1) is 0 Å². The Balaban J connectivity index is 2.14. The lowest BCUT2D eigenvalue weighted by molar-refractivity contribution is -0.123. The van der Waals surface area contributed by atoms with Crippen LogP contribution in [0.1, 0.15) is 12.8 Å². The Labute approximate surface area is 109 Å². The van der Waals surface area contributed by atoms with Crippen molar-refractivity contribution < 1.29 is 4.79 Å². The predicted octanol–water partition coefficient (Wildman–Crippen LogP) is 0.175. The standard InChI is InChI=1S/C10H16N6OS/c1-18-10-14-7(5-8(15-10)16-11)13-6-3-2-4-12-9(6)17/h5-6H,2-4,11H2,1H3,(H,12,17)(H2,13,14,15,16). The number of anilines is 2. The third-order valence-electron chi connectivity index (χ3n) is 2.64. The number of nitrogen functional groups attached to an aromatic ring is 1. The van der Waals surface area contributed by atoms with Crippen molar-refractivity contribution in [2.45, 2.75) is 24.0 Å². The zero-order chi connectivity index (χ0) is 13.0. The van der Waals surface area contributed by atoms with Crippen molar-refractivity contribution in [3.8, 4) is 0 Å². The van der Waals surface area contributed by atoms with Gasteiger partial charge >= 0.3 is 0 Å². The first-order valence-electron chi connectivity index (χ1n) is 5.67. The molecule has 1 aliphatic heterocycles. The van der Waals surface area contributed by atoms with Crippen LogP contribution in [0.2, 0.25) is 0 Å². The van der Waals surface area contributed by atoms with Crippen LogP contribution in [-0.4, -0.2) is 34.7 Å². The van der Waals surface area contributed by atoms with Gasteiger partial charge in [0.25, 0.3) is 0 Å². The highest BCUT2D eigenvalue weighted by molar-refractivity contribution is 7.98. The maximum absolute atomic E-state index is 11.6. The SMILES string of the molecule is CSc1nc(NN)cc(NC2CCCNC2=O)n1. The van der Waals surface area contributed by atoms with Crippen molar-refractivity contribution in [1.82, 2.24) is 15.3 Å². The number of aromatic nitrogens is 2. The van der Waals surface area contributed by atoms with Crippen molar-refractivity contribution in [2.24, 2.45) is 5.84 Å². The number of hydrogen-bond acceptors (Lipinski definition) is 7. The van der Waals surface area contributed by atoms with E-state index in [1.165, 1.54) is 11.8 Å². The quantitative estimate of drug-likeness (QED) is 0.267. The molecule has 7 nitrogen and oxygen atoms in total. The molecule has 1 saturated heterocycles. The van der Waals surface area contributed by atoms with Gasteiger partial charge in [-0.05, 0) is 19.1 Å². The second-order valence-electron chi connectivity index (χ2n) is 3.90. The Kier molecular flexibility index (Phi) is 4.21. The number of carbonyl (C=O) groups is 1. The largest absolute Gasteiger partial charge is 0.358 e. The number of nitrogens with two attached hydrogens (primary N) is 1. The lowest BCUT2D eigenvalue weighted by Gasteiger charge is -2.23. The predicted molar refractivity (Wildman–Crippen MR) is 71.3 cm³/mol. The molecule has 1 fully saturated rings. The van der Waals surface area contributed by atoms with Gasteiger partial charge in [0, 0.05) is 12.6 Å². The fraction of sp³-hybridized carbons (Fsp3) is 0.500. The molecule has 98 valence electrons. The van der Waals surface area contributed by atoms with E-state index in [1.54, 1.807) is 6.07 Å². The summed E-state index contributed by atoms with van der Waals surface area (Å²) in [6, 6.07) is 1.44. The molecule has 2 rings (SSSR count). The van der Waals surface area contributed by atoms with Gasteiger partial charge in [0.2, 0.25) is 5.91 Å². The topological polar surface area (TPSA) is 105 Å². The summed E-state index contributed by atoms with van der Waals surface area (Å²) in [6.07, 6.45) is 3.65. The Hall–Kier alpha value is -1.54. The van der Waals surface area contributed by atoms with Crippen molar-refractivity contribution >= 4 is 29.3 Å². The summed E-state index contributed by atoms with van der Waals surface area (Å²) >= 11 is 1.42. The van der Waals surface area contributed by atoms with Gasteiger partial charge in [-0.2, -0.15) is 0 Å². The van der Waals surface area contributed by atoms with Crippen molar-refractivity contribution in [3.05, 3.63) is 6.07 Å². The minimum Gasteiger partial charge on any atom is -0.358 e. The van der Waals surface area contributed by atoms with E-state index in [1.807, 2.05) is 6.26 Å². The summed E-state index contributed by atoms with van der Waals surface area (Å²) in [5, 5.41) is 6.53. The average molecular weight is 268 g/mol. The van der Waals surface area contributed by atoms with Gasteiger partial charge in [-0.1, -0.05) is 11.8 Å². The normalized spacial score (nSPS) is 19.2. The summed E-state index contributed by atoms with van der Waals surface area (Å²) in [5.74, 6) is 6.48. The first-order valence-corrected chi connectivity index (χ1v) is 6.89. The molecule has 1 aromatic heterocycles. The number of thioether (sulfide) groups is 1. The molecule has 1 aliphatic rings. The van der Waals surface area contributed by atoms with Crippen LogP contribution in [0.4, 0.5) is 11.6 Å². The Morgan fingerprint density at radius 1 is 1.50 bits per heavy atom. The van der Waals surface area contributed by atoms with Gasteiger partial charge in [0.1, 0.15) is 17.7 Å². The van der Waals surface area contributed by atoms with Crippen LogP contribution in [0.15, 0.2) is 11.2 Å². The molecule has 8 heteroatoms. The molecule has 0 saturated carbocycles. The lowest BCUT2D eigenvalue weighted by atomic mass is 10.1. The molecule has 0 spiro atoms. The van der Waals surface area contributed by atoms with Crippen LogP contribution in [-0.2, 0) is 4.79 Å². The molecule has 5 N–H and O–H groups in total. The van der Waals surface area contributed by atoms with E-state index in [0.717, 1.165) is 19.4 Å². The first kappa shape index (κ1) is 12.9. The van der Waals surface area contributed by atoms with E-state index < -0.39 is 0 Å². The zero-order valence-corrected chi connectivity index (χ0v) is 10.9. The smallest absolute Gasteiger partial charge is 0.242 e. The lowest BCUT2D eigenvalue weighted by Crippen LogP contribution is -2.44. The minimum atomic E-state index is -0.242. The van der Waals surface area contributed by atoms with Crippen LogP contribution >= 0.6 is 11.8 Å². The number of carbonyl (C=O) groups excluding carboxylic acids is 1. The summed E-state index contributed by atoms with van der Waals surface area (Å²) in [6.45, 7) is 0.743. The summed E-state index contributed by atoms with van der Waals surface area (Å²) in [4.78, 5) is 20.1. The maximum atomic E-state index is 11.6. The van der Waals surface area contributed by atoms with E-state index in [2.05, 4.69) is 26.0 Å². The van der Waals surface area contributed by atoms with Crippen LogP contribution in [0.3, 0.4) is 0 Å². The number of piperidine rings is 1. The molecule has 0 bridgehead atoms. The molecule has 1 atom stereocenters. The average Bonchev–Trinajstić information content (AvgIpc) is 2.41. The number of amides is 1. The highest BCUT2D eigenvalue weighted by Crippen LogP contribution is 2.18. The summed E-state index contributed by atoms with van der Waals surface area (Å²) in [5.41, 5.74) is 2.49. The Morgan fingerprint density at radius 2 is 2.28 bits per heavy atom. The monoisotopic (exact) mass is 268 g/mol. The van der Waals surface area contributed by atoms with Gasteiger partial charge < -0.3 is 16.1 Å². The molecule has 0 radical (unpaired) electrons. The molecule has 0 aliphatic carbocycles. The summed E-state index contributed by atoms with van der Waals surface area (Å²) < 4.78 is 0. The second kappa shape index (κ2) is 5.87. The fourth-order valence-corrected chi connectivity index (χ4v) is 2.13. The third-order valence-corrected chi connectivity index (χ3v) is 3.19. The molecular formula is C10H16N6OS. The molecule has 1 amide bonds. The second-order valence-corrected chi connectivity index (χ2v) is 4.67. The van der Waals surface area contributed by atoms with Gasteiger partial charge in [-0.3, -0.25) is 4.79 Å². The molecule has 1 aromatic rings. The van der Waals surface area contributed by atoms with Gasteiger partial charge in [-0.25, -0.2) is 15.8 Å². The van der Waals surface area contributed by atoms with Gasteiger partial charge in [0.15, 0.2) is 5.16 Å². The fourth-order valence-electron chi connectivity index (χ4n) is 1.75. The summed E-state index contributed by atoms with van der Waals surface area (Å²) in [7, 11) is 0. The van der Waals surface area contributed by atoms with Crippen molar-refractivity contribution in [3.63, 3.8) is 0 Å². The van der Waals surface area contributed by atoms with E-state index in [0.29, 0.717) is 16.8 Å². The highest BCUT2D eigenvalue weighted by Gasteiger charge is 2.22. The molecule has 1 unspecified atom stereocenters. The number of hydrogen-bond donors (Lipinski definition) is 4. The molecule has 18 heavy (non-hydrogen) atoms. The Morgan fingerprint density at radius 3 is 2.94 bits per heavy atom. The van der Waals surface area contributed by atoms with E-state index in [9.17, 15) is 4.79 Å². The number of rotatable bonds is 4. The van der Waals surface area contributed by atoms with E-state index in [4.69, 9.17) is 5.84 Å². The van der Waals surface area contributed by atoms with E-state index >= 15 is 0 Å². The van der Waals surface area contributed by atoms with Gasteiger partial charge in [0.05, 0.1) is 0 Å². The van der Waals surface area contributed by atoms with Gasteiger partial charge in [-0.15, -0.1) is 0 Å². The minimum absolute atomic E-state index is 0.00724. The van der Waals surface area contributed by atoms with Crippen LogP contribution < -0.4 is 21.9 Å². The van der Waals surface area contributed by atoms with Crippen LogP contribution in [0.5, 0.6) is 0 Å². The van der Waals surface area contributed by atoms with Crippen molar-refractivity contribution in [2.75, 3.05) is 23.5 Å². The Bertz CT molecular complexity index is 418. The number of hydrazine groups is 1. The number of nitrogens with one attached hydrogen (secondary N) is 3. The zero-order valence-electron chi connectivity index (χ0n) is 10.1. The third kappa shape index (κ3) is 3.02. The first-order chi connectivity index (χ1) is 8.72.